The normalized spacial score (nSPS) is 14.0. The third-order valence-corrected chi connectivity index (χ3v) is 5.65. The molecule has 0 radical (unpaired) electrons. The molecule has 1 saturated carbocycles. The third kappa shape index (κ3) is 3.59. The molecule has 8 heteroatoms. The molecule has 6 nitrogen and oxygen atoms in total. The first kappa shape index (κ1) is 17.4. The molecule has 0 atom stereocenters. The molecule has 1 fully saturated rings. The zero-order valence-electron chi connectivity index (χ0n) is 14.6. The summed E-state index contributed by atoms with van der Waals surface area (Å²) in [5.41, 5.74) is 2.05. The highest BCUT2D eigenvalue weighted by molar-refractivity contribution is 7.98. The van der Waals surface area contributed by atoms with Crippen molar-refractivity contribution in [3.05, 3.63) is 52.1 Å². The lowest BCUT2D eigenvalue weighted by molar-refractivity contribution is 0.288. The summed E-state index contributed by atoms with van der Waals surface area (Å²) < 4.78 is 13.3. The van der Waals surface area contributed by atoms with Crippen molar-refractivity contribution in [2.75, 3.05) is 0 Å². The molecule has 0 spiro atoms. The van der Waals surface area contributed by atoms with Crippen LogP contribution < -0.4 is 4.74 Å². The number of halogens is 1. The largest absolute Gasteiger partial charge is 0.484 e. The van der Waals surface area contributed by atoms with E-state index in [0.717, 1.165) is 46.6 Å². The molecule has 3 aromatic rings. The van der Waals surface area contributed by atoms with Gasteiger partial charge in [-0.15, -0.1) is 10.2 Å². The number of nitrogens with zero attached hydrogens (tertiary/aromatic N) is 4. The summed E-state index contributed by atoms with van der Waals surface area (Å²) in [5.74, 6) is 3.10. The number of para-hydroxylation sites is 1. The fourth-order valence-corrected chi connectivity index (χ4v) is 4.12. The van der Waals surface area contributed by atoms with Crippen LogP contribution in [0.15, 0.2) is 33.9 Å². The van der Waals surface area contributed by atoms with Crippen molar-refractivity contribution in [1.29, 1.82) is 0 Å². The lowest BCUT2D eigenvalue weighted by Crippen LogP contribution is -2.07. The Morgan fingerprint density at radius 3 is 2.77 bits per heavy atom. The van der Waals surface area contributed by atoms with Crippen molar-refractivity contribution in [2.24, 2.45) is 0 Å². The summed E-state index contributed by atoms with van der Waals surface area (Å²) in [6.07, 6.45) is 2.30. The number of aryl methyl sites for hydroxylation is 2. The van der Waals surface area contributed by atoms with Gasteiger partial charge in [0.25, 0.3) is 0 Å². The highest BCUT2D eigenvalue weighted by Gasteiger charge is 2.30. The Balaban J connectivity index is 1.49. The van der Waals surface area contributed by atoms with Crippen LogP contribution in [-0.4, -0.2) is 19.9 Å². The topological polar surface area (TPSA) is 66.0 Å². The Bertz CT molecular complexity index is 900. The second-order valence-corrected chi connectivity index (χ2v) is 7.66. The van der Waals surface area contributed by atoms with Gasteiger partial charge in [0.05, 0.1) is 10.7 Å². The van der Waals surface area contributed by atoms with Crippen LogP contribution in [0.25, 0.3) is 0 Å². The number of hydrogen-bond donors (Lipinski definition) is 0. The van der Waals surface area contributed by atoms with Gasteiger partial charge >= 0.3 is 0 Å². The van der Waals surface area contributed by atoms with E-state index in [0.29, 0.717) is 23.4 Å². The Hall–Kier alpha value is -1.99. The van der Waals surface area contributed by atoms with E-state index in [1.807, 2.05) is 38.1 Å². The van der Waals surface area contributed by atoms with Crippen LogP contribution in [0.2, 0.25) is 5.02 Å². The van der Waals surface area contributed by atoms with Gasteiger partial charge in [0, 0.05) is 17.4 Å². The summed E-state index contributed by atoms with van der Waals surface area (Å²) in [4.78, 5) is 0. The van der Waals surface area contributed by atoms with Crippen molar-refractivity contribution in [3.8, 4) is 5.75 Å². The molecule has 0 unspecified atom stereocenters. The van der Waals surface area contributed by atoms with Crippen molar-refractivity contribution >= 4 is 23.4 Å². The van der Waals surface area contributed by atoms with Crippen LogP contribution in [-0.2, 0) is 12.4 Å². The Labute approximate surface area is 160 Å². The third-order valence-electron chi connectivity index (χ3n) is 4.37. The second-order valence-electron chi connectivity index (χ2n) is 6.31. The van der Waals surface area contributed by atoms with Crippen LogP contribution in [0.1, 0.15) is 41.7 Å². The van der Waals surface area contributed by atoms with E-state index in [-0.39, 0.29) is 0 Å². The highest BCUT2D eigenvalue weighted by Crippen LogP contribution is 2.40. The van der Waals surface area contributed by atoms with Gasteiger partial charge in [-0.2, -0.15) is 0 Å². The average Bonchev–Trinajstić information content (AvgIpc) is 3.32. The Kier molecular flexibility index (Phi) is 4.91. The van der Waals surface area contributed by atoms with E-state index >= 15 is 0 Å². The van der Waals surface area contributed by atoms with E-state index in [9.17, 15) is 0 Å². The van der Waals surface area contributed by atoms with E-state index in [4.69, 9.17) is 20.9 Å². The van der Waals surface area contributed by atoms with Crippen molar-refractivity contribution in [3.63, 3.8) is 0 Å². The van der Waals surface area contributed by atoms with Crippen LogP contribution in [0.3, 0.4) is 0 Å². The minimum Gasteiger partial charge on any atom is -0.484 e. The van der Waals surface area contributed by atoms with Crippen LogP contribution in [0.4, 0.5) is 0 Å². The lowest BCUT2D eigenvalue weighted by atomic mass is 10.2. The first-order chi connectivity index (χ1) is 12.6. The van der Waals surface area contributed by atoms with Crippen LogP contribution in [0, 0.1) is 13.8 Å². The van der Waals surface area contributed by atoms with Gasteiger partial charge in [0.15, 0.2) is 11.0 Å². The maximum absolute atomic E-state index is 6.16. The van der Waals surface area contributed by atoms with E-state index in [1.54, 1.807) is 11.8 Å². The molecule has 2 aromatic heterocycles. The van der Waals surface area contributed by atoms with Crippen molar-refractivity contribution in [2.45, 2.75) is 50.2 Å². The smallest absolute Gasteiger partial charge is 0.191 e. The highest BCUT2D eigenvalue weighted by atomic mass is 35.5. The zero-order valence-corrected chi connectivity index (χ0v) is 16.2. The van der Waals surface area contributed by atoms with Gasteiger partial charge in [-0.25, -0.2) is 0 Å². The summed E-state index contributed by atoms with van der Waals surface area (Å²) in [6.45, 7) is 4.24. The Morgan fingerprint density at radius 2 is 2.08 bits per heavy atom. The predicted molar refractivity (Wildman–Crippen MR) is 99.6 cm³/mol. The number of aromatic nitrogens is 4. The average molecular weight is 391 g/mol. The van der Waals surface area contributed by atoms with Gasteiger partial charge in [-0.3, -0.25) is 4.57 Å². The molecule has 1 aromatic carbocycles. The number of ether oxygens (including phenoxy) is 1. The molecular formula is C18H19ClN4O2S. The SMILES string of the molecule is Cc1noc(C)c1CSc1nnc(COc2ccccc2Cl)n1C1CC1. The molecule has 0 saturated heterocycles. The summed E-state index contributed by atoms with van der Waals surface area (Å²) in [5, 5.41) is 14.2. The van der Waals surface area contributed by atoms with Gasteiger partial charge < -0.3 is 9.26 Å². The number of hydrogen-bond acceptors (Lipinski definition) is 6. The van der Waals surface area contributed by atoms with Gasteiger partial charge in [-0.05, 0) is 38.8 Å². The van der Waals surface area contributed by atoms with Crippen molar-refractivity contribution < 1.29 is 9.26 Å². The molecular weight excluding hydrogens is 372 g/mol. The molecule has 1 aliphatic carbocycles. The van der Waals surface area contributed by atoms with E-state index in [2.05, 4.69) is 19.9 Å². The summed E-state index contributed by atoms with van der Waals surface area (Å²) in [7, 11) is 0. The van der Waals surface area contributed by atoms with E-state index in [1.165, 1.54) is 0 Å². The summed E-state index contributed by atoms with van der Waals surface area (Å²) >= 11 is 7.81. The fourth-order valence-electron chi connectivity index (χ4n) is 2.75. The quantitative estimate of drug-likeness (QED) is 0.543. The monoisotopic (exact) mass is 390 g/mol. The van der Waals surface area contributed by atoms with Gasteiger partial charge in [0.1, 0.15) is 18.1 Å². The number of rotatable bonds is 7. The maximum Gasteiger partial charge on any atom is 0.191 e. The Morgan fingerprint density at radius 1 is 1.27 bits per heavy atom. The van der Waals surface area contributed by atoms with Crippen molar-refractivity contribution in [1.82, 2.24) is 19.9 Å². The molecule has 1 aliphatic rings. The first-order valence-corrected chi connectivity index (χ1v) is 9.85. The van der Waals surface area contributed by atoms with Crippen LogP contribution in [0.5, 0.6) is 5.75 Å². The first-order valence-electron chi connectivity index (χ1n) is 8.49. The maximum atomic E-state index is 6.16. The standard InChI is InChI=1S/C18H19ClN4O2S/c1-11-14(12(2)25-22-11)10-26-18-21-20-17(23(18)13-7-8-13)9-24-16-6-4-3-5-15(16)19/h3-6,13H,7-10H2,1-2H3. The minimum atomic E-state index is 0.346. The predicted octanol–water partition coefficient (Wildman–Crippen LogP) is 4.74. The molecule has 0 bridgehead atoms. The second kappa shape index (κ2) is 7.32. The van der Waals surface area contributed by atoms with E-state index < -0.39 is 0 Å². The molecule has 0 aliphatic heterocycles. The lowest BCUT2D eigenvalue weighted by Gasteiger charge is -2.10. The number of benzene rings is 1. The molecule has 26 heavy (non-hydrogen) atoms. The van der Waals surface area contributed by atoms with Gasteiger partial charge in [0.2, 0.25) is 0 Å². The fraction of sp³-hybridized carbons (Fsp3) is 0.389. The molecule has 136 valence electrons. The summed E-state index contributed by atoms with van der Waals surface area (Å²) in [6, 6.07) is 7.91. The zero-order chi connectivity index (χ0) is 18.1. The number of thioether (sulfide) groups is 1. The molecule has 2 heterocycles. The molecule has 0 amide bonds. The molecule has 4 rings (SSSR count). The van der Waals surface area contributed by atoms with Gasteiger partial charge in [-0.1, -0.05) is 40.7 Å². The molecule has 0 N–H and O–H groups in total. The van der Waals surface area contributed by atoms with Crippen LogP contribution >= 0.6 is 23.4 Å². The minimum absolute atomic E-state index is 0.346.